The van der Waals surface area contributed by atoms with E-state index in [4.69, 9.17) is 4.74 Å². The van der Waals surface area contributed by atoms with E-state index < -0.39 is 12.0 Å². The predicted octanol–water partition coefficient (Wildman–Crippen LogP) is 3.65. The summed E-state index contributed by atoms with van der Waals surface area (Å²) >= 11 is 1.46. The van der Waals surface area contributed by atoms with E-state index in [2.05, 4.69) is 19.2 Å². The van der Waals surface area contributed by atoms with Crippen molar-refractivity contribution < 1.29 is 19.4 Å². The zero-order valence-corrected chi connectivity index (χ0v) is 16.1. The predicted molar refractivity (Wildman–Crippen MR) is 96.9 cm³/mol. The fraction of sp³-hybridized carbons (Fsp3) is 0.667. The zero-order chi connectivity index (χ0) is 18.3. The Labute approximate surface area is 148 Å². The third kappa shape index (κ3) is 6.61. The highest BCUT2D eigenvalue weighted by Gasteiger charge is 2.23. The lowest BCUT2D eigenvalue weighted by Crippen LogP contribution is -2.41. The molecule has 1 aromatic rings. The first-order chi connectivity index (χ1) is 11.2. The van der Waals surface area contributed by atoms with Crippen LogP contribution in [0.4, 0.5) is 0 Å². The lowest BCUT2D eigenvalue weighted by Gasteiger charge is -2.21. The number of carboxylic acids is 1. The van der Waals surface area contributed by atoms with Gasteiger partial charge in [0.05, 0.1) is 10.5 Å². The maximum absolute atomic E-state index is 12.4. The number of aryl methyl sites for hydroxylation is 2. The van der Waals surface area contributed by atoms with Gasteiger partial charge in [0.1, 0.15) is 6.04 Å². The molecule has 136 valence electrons. The molecule has 1 amide bonds. The van der Waals surface area contributed by atoms with Gasteiger partial charge in [-0.05, 0) is 45.2 Å². The van der Waals surface area contributed by atoms with Gasteiger partial charge in [-0.2, -0.15) is 0 Å². The van der Waals surface area contributed by atoms with Gasteiger partial charge in [-0.15, -0.1) is 11.3 Å². The number of aliphatic carboxylic acids is 1. The minimum absolute atomic E-state index is 0.242. The highest BCUT2D eigenvalue weighted by molar-refractivity contribution is 7.14. The van der Waals surface area contributed by atoms with Crippen LogP contribution in [0.5, 0.6) is 0 Å². The van der Waals surface area contributed by atoms with Crippen molar-refractivity contribution in [3.63, 3.8) is 0 Å². The van der Waals surface area contributed by atoms with Gasteiger partial charge in [-0.1, -0.05) is 20.3 Å². The summed E-state index contributed by atoms with van der Waals surface area (Å²) in [5.74, 6) is -1.36. The standard InChI is InChI=1S/C18H29NO4S/c1-6-8-14-12(7-2)11-15(24-14)16(20)19-13(17(21)22)9-10-23-18(3,4)5/h11,13H,6-10H2,1-5H3,(H,19,20)(H,21,22). The lowest BCUT2D eigenvalue weighted by atomic mass is 10.1. The number of amides is 1. The normalized spacial score (nSPS) is 12.9. The Kier molecular flexibility index (Phi) is 7.90. The second kappa shape index (κ2) is 9.18. The molecule has 5 nitrogen and oxygen atoms in total. The van der Waals surface area contributed by atoms with Crippen molar-refractivity contribution >= 4 is 23.2 Å². The summed E-state index contributed by atoms with van der Waals surface area (Å²) in [5.41, 5.74) is 0.848. The van der Waals surface area contributed by atoms with Gasteiger partial charge in [-0.3, -0.25) is 4.79 Å². The first-order valence-corrected chi connectivity index (χ1v) is 9.28. The van der Waals surface area contributed by atoms with Crippen LogP contribution in [0.1, 0.15) is 67.6 Å². The molecule has 6 heteroatoms. The number of ether oxygens (including phenoxy) is 1. The summed E-state index contributed by atoms with van der Waals surface area (Å²) in [6.07, 6.45) is 3.09. The molecule has 0 aromatic carbocycles. The lowest BCUT2D eigenvalue weighted by molar-refractivity contribution is -0.140. The third-order valence-electron chi connectivity index (χ3n) is 3.52. The van der Waals surface area contributed by atoms with Crippen molar-refractivity contribution in [2.75, 3.05) is 6.61 Å². The van der Waals surface area contributed by atoms with Crippen LogP contribution in [0.2, 0.25) is 0 Å². The summed E-state index contributed by atoms with van der Waals surface area (Å²) in [6.45, 7) is 10.2. The van der Waals surface area contributed by atoms with Gasteiger partial charge >= 0.3 is 5.97 Å². The van der Waals surface area contributed by atoms with Crippen molar-refractivity contribution in [2.45, 2.75) is 71.9 Å². The minimum Gasteiger partial charge on any atom is -0.480 e. The van der Waals surface area contributed by atoms with E-state index in [0.29, 0.717) is 4.88 Å². The molecule has 0 aliphatic carbocycles. The van der Waals surface area contributed by atoms with E-state index in [9.17, 15) is 14.7 Å². The van der Waals surface area contributed by atoms with E-state index in [0.717, 1.165) is 19.3 Å². The Balaban J connectivity index is 2.73. The SMILES string of the molecule is CCCc1sc(C(=O)NC(CCOC(C)(C)C)C(=O)O)cc1CC. The highest BCUT2D eigenvalue weighted by atomic mass is 32.1. The van der Waals surface area contributed by atoms with Gasteiger partial charge in [0.2, 0.25) is 0 Å². The van der Waals surface area contributed by atoms with Crippen LogP contribution in [0.15, 0.2) is 6.07 Å². The molecule has 2 N–H and O–H groups in total. The molecule has 0 spiro atoms. The summed E-state index contributed by atoms with van der Waals surface area (Å²) in [5, 5.41) is 11.9. The molecule has 24 heavy (non-hydrogen) atoms. The van der Waals surface area contributed by atoms with Crippen LogP contribution in [0.3, 0.4) is 0 Å². The molecular weight excluding hydrogens is 326 g/mol. The van der Waals surface area contributed by atoms with Crippen LogP contribution < -0.4 is 5.32 Å². The quantitative estimate of drug-likeness (QED) is 0.709. The van der Waals surface area contributed by atoms with Crippen molar-refractivity contribution in [1.29, 1.82) is 0 Å². The smallest absolute Gasteiger partial charge is 0.326 e. The van der Waals surface area contributed by atoms with Gasteiger partial charge < -0.3 is 15.2 Å². The molecule has 1 aromatic heterocycles. The minimum atomic E-state index is -1.04. The molecule has 0 bridgehead atoms. The highest BCUT2D eigenvalue weighted by Crippen LogP contribution is 2.24. The average molecular weight is 356 g/mol. The number of hydrogen-bond donors (Lipinski definition) is 2. The molecule has 1 unspecified atom stereocenters. The number of nitrogens with one attached hydrogen (secondary N) is 1. The molecule has 1 rings (SSSR count). The Morgan fingerprint density at radius 2 is 2.00 bits per heavy atom. The maximum Gasteiger partial charge on any atom is 0.326 e. The summed E-state index contributed by atoms with van der Waals surface area (Å²) in [7, 11) is 0. The largest absolute Gasteiger partial charge is 0.480 e. The molecule has 0 aliphatic heterocycles. The van der Waals surface area contributed by atoms with E-state index in [1.165, 1.54) is 21.8 Å². The number of carbonyl (C=O) groups is 2. The van der Waals surface area contributed by atoms with E-state index in [1.807, 2.05) is 26.8 Å². The fourth-order valence-electron chi connectivity index (χ4n) is 2.29. The van der Waals surface area contributed by atoms with Gasteiger partial charge in [0.15, 0.2) is 0 Å². The first kappa shape index (κ1) is 20.6. The number of carboxylic acid groups (broad SMARTS) is 1. The number of rotatable bonds is 9. The Bertz CT molecular complexity index is 560. The first-order valence-electron chi connectivity index (χ1n) is 8.47. The van der Waals surface area contributed by atoms with Crippen molar-refractivity contribution in [3.05, 3.63) is 21.4 Å². The van der Waals surface area contributed by atoms with E-state index in [1.54, 1.807) is 0 Å². The van der Waals surface area contributed by atoms with Gasteiger partial charge in [-0.25, -0.2) is 4.79 Å². The summed E-state index contributed by atoms with van der Waals surface area (Å²) < 4.78 is 5.56. The van der Waals surface area contributed by atoms with Crippen LogP contribution in [-0.4, -0.2) is 35.2 Å². The number of carbonyl (C=O) groups excluding carboxylic acids is 1. The van der Waals surface area contributed by atoms with Crippen LogP contribution in [0.25, 0.3) is 0 Å². The molecular formula is C18H29NO4S. The summed E-state index contributed by atoms with van der Waals surface area (Å²) in [6, 6.07) is 0.942. The Morgan fingerprint density at radius 1 is 1.33 bits per heavy atom. The fourth-order valence-corrected chi connectivity index (χ4v) is 3.54. The van der Waals surface area contributed by atoms with Crippen LogP contribution in [-0.2, 0) is 22.4 Å². The van der Waals surface area contributed by atoms with Crippen molar-refractivity contribution in [3.8, 4) is 0 Å². The summed E-state index contributed by atoms with van der Waals surface area (Å²) in [4.78, 5) is 25.6. The molecule has 0 radical (unpaired) electrons. The van der Waals surface area contributed by atoms with Crippen LogP contribution >= 0.6 is 11.3 Å². The number of thiophene rings is 1. The second-order valence-electron chi connectivity index (χ2n) is 6.78. The van der Waals surface area contributed by atoms with Crippen molar-refractivity contribution in [1.82, 2.24) is 5.32 Å². The molecule has 0 saturated heterocycles. The van der Waals surface area contributed by atoms with E-state index >= 15 is 0 Å². The second-order valence-corrected chi connectivity index (χ2v) is 7.91. The van der Waals surface area contributed by atoms with Crippen molar-refractivity contribution in [2.24, 2.45) is 0 Å². The Hall–Kier alpha value is -1.40. The number of hydrogen-bond acceptors (Lipinski definition) is 4. The van der Waals surface area contributed by atoms with Crippen LogP contribution in [0, 0.1) is 0 Å². The van der Waals surface area contributed by atoms with Gasteiger partial charge in [0.25, 0.3) is 5.91 Å². The Morgan fingerprint density at radius 3 is 2.50 bits per heavy atom. The zero-order valence-electron chi connectivity index (χ0n) is 15.3. The molecule has 0 fully saturated rings. The van der Waals surface area contributed by atoms with Gasteiger partial charge in [0, 0.05) is 17.9 Å². The third-order valence-corrected chi connectivity index (χ3v) is 4.76. The monoisotopic (exact) mass is 355 g/mol. The molecule has 1 atom stereocenters. The van der Waals surface area contributed by atoms with E-state index in [-0.39, 0.29) is 24.5 Å². The average Bonchev–Trinajstić information content (AvgIpc) is 2.88. The molecule has 0 aliphatic rings. The molecule has 1 heterocycles. The maximum atomic E-state index is 12.4. The topological polar surface area (TPSA) is 75.6 Å². The molecule has 0 saturated carbocycles.